The Labute approximate surface area is 293 Å². The molecule has 1 heterocycles. The number of benzene rings is 8. The third kappa shape index (κ3) is 4.97. The van der Waals surface area contributed by atoms with Crippen LogP contribution in [-0.2, 0) is 0 Å². The van der Waals surface area contributed by atoms with Gasteiger partial charge in [0.2, 0.25) is 0 Å². The number of hydrogen-bond donors (Lipinski definition) is 0. The average molecular weight is 661 g/mol. The normalized spacial score (nSPS) is 11.9. The molecule has 0 aliphatic carbocycles. The number of nitrogens with zero attached hydrogens (tertiary/aromatic N) is 4. The summed E-state index contributed by atoms with van der Waals surface area (Å²) in [6.07, 6.45) is 1.67. The smallest absolute Gasteiger partial charge is 0.148 e. The molecule has 0 unspecified atom stereocenters. The van der Waals surface area contributed by atoms with E-state index in [1.807, 2.05) is 12.1 Å². The molecule has 0 saturated heterocycles. The van der Waals surface area contributed by atoms with Gasteiger partial charge in [-0.15, -0.1) is 0 Å². The lowest BCUT2D eigenvalue weighted by Crippen LogP contribution is -2.37. The van der Waals surface area contributed by atoms with Crippen molar-refractivity contribution in [2.75, 3.05) is 9.80 Å². The van der Waals surface area contributed by atoms with Crippen molar-refractivity contribution < 1.29 is 0 Å². The van der Waals surface area contributed by atoms with Crippen LogP contribution in [-0.4, -0.2) is 18.0 Å². The highest BCUT2D eigenvalue weighted by Gasteiger charge is 2.23. The van der Waals surface area contributed by atoms with Crippen LogP contribution in [0.5, 0.6) is 0 Å². The first-order chi connectivity index (χ1) is 24.5. The minimum absolute atomic E-state index is 0.856. The van der Waals surface area contributed by atoms with Gasteiger partial charge in [0.1, 0.15) is 12.1 Å². The molecule has 0 fully saturated rings. The third-order valence-corrected chi connectivity index (χ3v) is 11.9. The Kier molecular flexibility index (Phi) is 7.11. The Bertz CT molecular complexity index is 2630. The zero-order chi connectivity index (χ0) is 33.8. The highest BCUT2D eigenvalue weighted by atomic mass is 28.3. The molecule has 240 valence electrons. The fourth-order valence-corrected chi connectivity index (χ4v) is 8.56. The van der Waals surface area contributed by atoms with Crippen molar-refractivity contribution in [3.63, 3.8) is 0 Å². The first kappa shape index (κ1) is 30.0. The highest BCUT2D eigenvalue weighted by molar-refractivity contribution is 6.88. The molecular formula is C45H36N4Si. The van der Waals surface area contributed by atoms with E-state index in [1.54, 1.807) is 6.33 Å². The molecule has 0 saturated carbocycles. The third-order valence-electron chi connectivity index (χ3n) is 9.85. The number of aromatic nitrogens is 2. The Morgan fingerprint density at radius 3 is 1.52 bits per heavy atom. The lowest BCUT2D eigenvalue weighted by atomic mass is 9.91. The zero-order valence-electron chi connectivity index (χ0n) is 28.4. The molecule has 0 aliphatic heterocycles. The summed E-state index contributed by atoms with van der Waals surface area (Å²) in [4.78, 5) is 14.2. The van der Waals surface area contributed by atoms with E-state index in [0.717, 1.165) is 45.2 Å². The van der Waals surface area contributed by atoms with E-state index in [9.17, 15) is 0 Å². The Hall–Kier alpha value is -6.04. The van der Waals surface area contributed by atoms with Crippen LogP contribution < -0.4 is 15.0 Å². The van der Waals surface area contributed by atoms with Gasteiger partial charge in [-0.3, -0.25) is 4.90 Å². The molecule has 5 heteroatoms. The molecule has 9 rings (SSSR count). The second-order valence-electron chi connectivity index (χ2n) is 13.9. The van der Waals surface area contributed by atoms with Gasteiger partial charge in [-0.1, -0.05) is 122 Å². The second-order valence-corrected chi connectivity index (χ2v) is 19.0. The van der Waals surface area contributed by atoms with Crippen LogP contribution in [0.3, 0.4) is 0 Å². The van der Waals surface area contributed by atoms with Crippen molar-refractivity contribution in [3.8, 4) is 0 Å². The summed E-state index contributed by atoms with van der Waals surface area (Å²) in [6, 6.07) is 56.9. The molecule has 1 aromatic heterocycles. The SMILES string of the molecule is C[Si](C)(C)c1ccc(N(c2ccccc2)c2ccc3ccc4c(N(c5ccccc5)c5ncnc6ccccc56)ccc5ccc2c3c54)cc1. The number of para-hydroxylation sites is 3. The van der Waals surface area contributed by atoms with Crippen molar-refractivity contribution in [2.45, 2.75) is 19.6 Å². The first-order valence-corrected chi connectivity index (χ1v) is 20.7. The Balaban J connectivity index is 1.30. The minimum atomic E-state index is -1.45. The van der Waals surface area contributed by atoms with Crippen LogP contribution in [0.4, 0.5) is 34.3 Å². The maximum absolute atomic E-state index is 4.91. The highest BCUT2D eigenvalue weighted by Crippen LogP contribution is 2.47. The zero-order valence-corrected chi connectivity index (χ0v) is 29.4. The maximum Gasteiger partial charge on any atom is 0.148 e. The molecule has 0 radical (unpaired) electrons. The predicted molar refractivity (Wildman–Crippen MR) is 216 cm³/mol. The standard InChI is InChI=1S/C45H36N4Si/c1-50(2,3)36-24-22-35(23-25-36)48(33-12-6-4-7-13-33)41-28-20-31-19-27-39-42(29-21-32-18-26-38(41)43(31)44(32)39)49(34-14-8-5-9-15-34)45-37-16-10-11-17-40(37)46-30-47-45/h4-30H,1-3H3. The number of fused-ring (bicyclic) bond motifs is 1. The average Bonchev–Trinajstić information content (AvgIpc) is 3.16. The van der Waals surface area contributed by atoms with Crippen LogP contribution in [0, 0.1) is 0 Å². The molecule has 0 atom stereocenters. The number of hydrogen-bond acceptors (Lipinski definition) is 4. The van der Waals surface area contributed by atoms with E-state index in [4.69, 9.17) is 4.98 Å². The molecule has 0 aliphatic rings. The van der Waals surface area contributed by atoms with Gasteiger partial charge in [-0.25, -0.2) is 9.97 Å². The maximum atomic E-state index is 4.91. The molecule has 50 heavy (non-hydrogen) atoms. The topological polar surface area (TPSA) is 32.3 Å². The molecule has 8 aromatic carbocycles. The summed E-state index contributed by atoms with van der Waals surface area (Å²) in [7, 11) is -1.45. The van der Waals surface area contributed by atoms with Crippen molar-refractivity contribution in [2.24, 2.45) is 0 Å². The van der Waals surface area contributed by atoms with Crippen LogP contribution in [0.2, 0.25) is 19.6 Å². The first-order valence-electron chi connectivity index (χ1n) is 17.2. The van der Waals surface area contributed by atoms with E-state index in [2.05, 4.69) is 180 Å². The summed E-state index contributed by atoms with van der Waals surface area (Å²) in [6.45, 7) is 7.20. The van der Waals surface area contributed by atoms with Gasteiger partial charge in [0, 0.05) is 33.2 Å². The van der Waals surface area contributed by atoms with E-state index < -0.39 is 8.07 Å². The fraction of sp³-hybridized carbons (Fsp3) is 0.0667. The molecule has 9 aromatic rings. The van der Waals surface area contributed by atoms with Crippen molar-refractivity contribution in [1.82, 2.24) is 9.97 Å². The van der Waals surface area contributed by atoms with E-state index in [0.29, 0.717) is 0 Å². The molecular weight excluding hydrogens is 625 g/mol. The van der Waals surface area contributed by atoms with E-state index in [-0.39, 0.29) is 0 Å². The summed E-state index contributed by atoms with van der Waals surface area (Å²) in [5, 5.41) is 9.80. The van der Waals surface area contributed by atoms with Crippen molar-refractivity contribution >= 4 is 90.7 Å². The van der Waals surface area contributed by atoms with Crippen LogP contribution in [0.25, 0.3) is 43.2 Å². The quantitative estimate of drug-likeness (QED) is 0.126. The molecule has 0 spiro atoms. The van der Waals surface area contributed by atoms with Crippen molar-refractivity contribution in [1.29, 1.82) is 0 Å². The fourth-order valence-electron chi connectivity index (χ4n) is 7.40. The lowest BCUT2D eigenvalue weighted by molar-refractivity contribution is 1.15. The van der Waals surface area contributed by atoms with Gasteiger partial charge < -0.3 is 4.90 Å². The number of rotatable bonds is 7. The summed E-state index contributed by atoms with van der Waals surface area (Å²) < 4.78 is 0. The molecule has 0 N–H and O–H groups in total. The van der Waals surface area contributed by atoms with Gasteiger partial charge in [-0.2, -0.15) is 0 Å². The van der Waals surface area contributed by atoms with Gasteiger partial charge in [0.15, 0.2) is 0 Å². The minimum Gasteiger partial charge on any atom is -0.310 e. The summed E-state index contributed by atoms with van der Waals surface area (Å²) >= 11 is 0. The van der Waals surface area contributed by atoms with Crippen LogP contribution >= 0.6 is 0 Å². The summed E-state index contributed by atoms with van der Waals surface area (Å²) in [5.74, 6) is 0.856. The predicted octanol–water partition coefficient (Wildman–Crippen LogP) is 12.0. The number of anilines is 6. The molecule has 4 nitrogen and oxygen atoms in total. The molecule has 0 bridgehead atoms. The summed E-state index contributed by atoms with van der Waals surface area (Å²) in [5.41, 5.74) is 6.48. The second kappa shape index (κ2) is 11.8. The van der Waals surface area contributed by atoms with Gasteiger partial charge >= 0.3 is 0 Å². The monoisotopic (exact) mass is 660 g/mol. The van der Waals surface area contributed by atoms with Gasteiger partial charge in [0.05, 0.1) is 25.0 Å². The van der Waals surface area contributed by atoms with E-state index in [1.165, 1.54) is 37.5 Å². The van der Waals surface area contributed by atoms with Crippen molar-refractivity contribution in [3.05, 3.63) is 164 Å². The van der Waals surface area contributed by atoms with Crippen LogP contribution in [0.15, 0.2) is 164 Å². The Morgan fingerprint density at radius 2 is 0.920 bits per heavy atom. The lowest BCUT2D eigenvalue weighted by Gasteiger charge is -2.29. The van der Waals surface area contributed by atoms with Gasteiger partial charge in [0.25, 0.3) is 0 Å². The van der Waals surface area contributed by atoms with Gasteiger partial charge in [-0.05, 0) is 82.2 Å². The van der Waals surface area contributed by atoms with Crippen LogP contribution in [0.1, 0.15) is 0 Å². The van der Waals surface area contributed by atoms with E-state index >= 15 is 0 Å². The molecule has 0 amide bonds. The largest absolute Gasteiger partial charge is 0.310 e. The Morgan fingerprint density at radius 1 is 0.420 bits per heavy atom.